The standard InChI is InChI=1S/C16H14/c1-3-9-15(10-4-1)13-7-8-14-16-11-5-2-6-12-16/h1-14H/b13-7-,14-8?. The van der Waals surface area contributed by atoms with Gasteiger partial charge in [0.05, 0.1) is 0 Å². The van der Waals surface area contributed by atoms with Crippen LogP contribution >= 0.6 is 0 Å². The summed E-state index contributed by atoms with van der Waals surface area (Å²) in [5.41, 5.74) is 2.44. The molecule has 0 radical (unpaired) electrons. The normalized spacial score (nSPS) is 11.2. The van der Waals surface area contributed by atoms with E-state index < -0.39 is 0 Å². The fourth-order valence-corrected chi connectivity index (χ4v) is 1.46. The monoisotopic (exact) mass is 206 g/mol. The van der Waals surface area contributed by atoms with Crippen molar-refractivity contribution in [2.24, 2.45) is 0 Å². The van der Waals surface area contributed by atoms with E-state index in [0.717, 1.165) is 0 Å². The highest BCUT2D eigenvalue weighted by molar-refractivity contribution is 5.56. The fraction of sp³-hybridized carbons (Fsp3) is 0. The zero-order valence-electron chi connectivity index (χ0n) is 9.08. The first-order valence-corrected chi connectivity index (χ1v) is 5.40. The SMILES string of the molecule is C(=Cc1ccccc1)/C=C\c1ccccc1. The molecule has 0 heteroatoms. The third-order valence-electron chi connectivity index (χ3n) is 2.29. The van der Waals surface area contributed by atoms with Gasteiger partial charge in [-0.2, -0.15) is 0 Å². The van der Waals surface area contributed by atoms with E-state index in [1.165, 1.54) is 11.1 Å². The first-order valence-electron chi connectivity index (χ1n) is 5.40. The molecule has 78 valence electrons. The maximum absolute atomic E-state index is 2.10. The van der Waals surface area contributed by atoms with Crippen LogP contribution in [0.3, 0.4) is 0 Å². The molecule has 0 aliphatic heterocycles. The summed E-state index contributed by atoms with van der Waals surface area (Å²) in [6, 6.07) is 20.6. The number of allylic oxidation sites excluding steroid dienone is 2. The van der Waals surface area contributed by atoms with Crippen LogP contribution in [0.5, 0.6) is 0 Å². The van der Waals surface area contributed by atoms with E-state index in [1.54, 1.807) is 0 Å². The summed E-state index contributed by atoms with van der Waals surface area (Å²) in [7, 11) is 0. The molecule has 2 aromatic carbocycles. The van der Waals surface area contributed by atoms with Crippen molar-refractivity contribution >= 4 is 12.2 Å². The Morgan fingerprint density at radius 3 is 1.25 bits per heavy atom. The second-order valence-electron chi connectivity index (χ2n) is 3.54. The lowest BCUT2D eigenvalue weighted by Crippen LogP contribution is -1.68. The number of hydrogen-bond acceptors (Lipinski definition) is 0. The molecule has 0 heterocycles. The van der Waals surface area contributed by atoms with Crippen LogP contribution in [0.4, 0.5) is 0 Å². The quantitative estimate of drug-likeness (QED) is 0.652. The number of benzene rings is 2. The summed E-state index contributed by atoms with van der Waals surface area (Å²) >= 11 is 0. The lowest BCUT2D eigenvalue weighted by molar-refractivity contribution is 1.65. The maximum atomic E-state index is 2.10. The highest BCUT2D eigenvalue weighted by atomic mass is 13.9. The Kier molecular flexibility index (Phi) is 3.73. The van der Waals surface area contributed by atoms with Crippen LogP contribution in [0.25, 0.3) is 12.2 Å². The van der Waals surface area contributed by atoms with Crippen molar-refractivity contribution in [1.82, 2.24) is 0 Å². The molecule has 0 aliphatic rings. The van der Waals surface area contributed by atoms with Crippen LogP contribution in [-0.2, 0) is 0 Å². The van der Waals surface area contributed by atoms with Crippen molar-refractivity contribution in [1.29, 1.82) is 0 Å². The Hall–Kier alpha value is -2.08. The summed E-state index contributed by atoms with van der Waals surface area (Å²) in [4.78, 5) is 0. The van der Waals surface area contributed by atoms with Crippen molar-refractivity contribution < 1.29 is 0 Å². The topological polar surface area (TPSA) is 0 Å². The van der Waals surface area contributed by atoms with E-state index in [1.807, 2.05) is 36.4 Å². The summed E-state index contributed by atoms with van der Waals surface area (Å²) < 4.78 is 0. The molecule has 0 unspecified atom stereocenters. The van der Waals surface area contributed by atoms with E-state index >= 15 is 0 Å². The van der Waals surface area contributed by atoms with Gasteiger partial charge in [-0.05, 0) is 11.1 Å². The molecule has 2 aromatic rings. The zero-order chi connectivity index (χ0) is 11.1. The molecule has 0 atom stereocenters. The zero-order valence-corrected chi connectivity index (χ0v) is 9.08. The second kappa shape index (κ2) is 5.72. The Labute approximate surface area is 96.6 Å². The van der Waals surface area contributed by atoms with Crippen molar-refractivity contribution in [3.8, 4) is 0 Å². The molecule has 0 saturated heterocycles. The predicted molar refractivity (Wildman–Crippen MR) is 71.0 cm³/mol. The van der Waals surface area contributed by atoms with Crippen molar-refractivity contribution in [2.45, 2.75) is 0 Å². The van der Waals surface area contributed by atoms with Crippen LogP contribution in [0, 0.1) is 0 Å². The van der Waals surface area contributed by atoms with E-state index in [2.05, 4.69) is 48.6 Å². The lowest BCUT2D eigenvalue weighted by atomic mass is 10.2. The van der Waals surface area contributed by atoms with Gasteiger partial charge in [0.2, 0.25) is 0 Å². The fourth-order valence-electron chi connectivity index (χ4n) is 1.46. The molecule has 0 N–H and O–H groups in total. The molecule has 2 rings (SSSR count). The van der Waals surface area contributed by atoms with Gasteiger partial charge < -0.3 is 0 Å². The summed E-state index contributed by atoms with van der Waals surface area (Å²) in [6.45, 7) is 0. The highest BCUT2D eigenvalue weighted by Crippen LogP contribution is 2.03. The minimum absolute atomic E-state index is 1.22. The van der Waals surface area contributed by atoms with Gasteiger partial charge in [-0.3, -0.25) is 0 Å². The van der Waals surface area contributed by atoms with E-state index in [0.29, 0.717) is 0 Å². The molecule has 0 saturated carbocycles. The lowest BCUT2D eigenvalue weighted by Gasteiger charge is -1.90. The van der Waals surface area contributed by atoms with Crippen molar-refractivity contribution in [3.63, 3.8) is 0 Å². The Morgan fingerprint density at radius 1 is 0.500 bits per heavy atom. The average molecular weight is 206 g/mol. The highest BCUT2D eigenvalue weighted by Gasteiger charge is 1.81. The van der Waals surface area contributed by atoms with Gasteiger partial charge in [-0.1, -0.05) is 85.0 Å². The molecular weight excluding hydrogens is 192 g/mol. The van der Waals surface area contributed by atoms with Crippen molar-refractivity contribution in [2.75, 3.05) is 0 Å². The molecule has 0 fully saturated rings. The third-order valence-corrected chi connectivity index (χ3v) is 2.29. The van der Waals surface area contributed by atoms with Crippen molar-refractivity contribution in [3.05, 3.63) is 83.9 Å². The Bertz CT molecular complexity index is 416. The summed E-state index contributed by atoms with van der Waals surface area (Å²) in [5, 5.41) is 0. The van der Waals surface area contributed by atoms with Crippen LogP contribution < -0.4 is 0 Å². The largest absolute Gasteiger partial charge is 0.0622 e. The van der Waals surface area contributed by atoms with Gasteiger partial charge in [0.25, 0.3) is 0 Å². The molecule has 0 amide bonds. The molecule has 0 aromatic heterocycles. The first kappa shape index (κ1) is 10.4. The van der Waals surface area contributed by atoms with E-state index in [-0.39, 0.29) is 0 Å². The molecule has 0 bridgehead atoms. The van der Waals surface area contributed by atoms with Crippen LogP contribution in [0.2, 0.25) is 0 Å². The minimum Gasteiger partial charge on any atom is -0.0622 e. The van der Waals surface area contributed by atoms with E-state index in [4.69, 9.17) is 0 Å². The molecule has 16 heavy (non-hydrogen) atoms. The van der Waals surface area contributed by atoms with E-state index in [9.17, 15) is 0 Å². The smallest absolute Gasteiger partial charge is 0.0257 e. The average Bonchev–Trinajstić information content (AvgIpc) is 2.37. The van der Waals surface area contributed by atoms with Gasteiger partial charge in [0.15, 0.2) is 0 Å². The predicted octanol–water partition coefficient (Wildman–Crippen LogP) is 4.41. The molecule has 0 aliphatic carbocycles. The summed E-state index contributed by atoms with van der Waals surface area (Å²) in [6.07, 6.45) is 8.31. The van der Waals surface area contributed by atoms with Crippen LogP contribution in [0.1, 0.15) is 11.1 Å². The van der Waals surface area contributed by atoms with Crippen LogP contribution in [-0.4, -0.2) is 0 Å². The Morgan fingerprint density at radius 2 is 0.875 bits per heavy atom. The van der Waals surface area contributed by atoms with Gasteiger partial charge >= 0.3 is 0 Å². The number of rotatable bonds is 3. The minimum atomic E-state index is 1.22. The summed E-state index contributed by atoms with van der Waals surface area (Å²) in [5.74, 6) is 0. The molecule has 0 nitrogen and oxygen atoms in total. The van der Waals surface area contributed by atoms with Gasteiger partial charge in [-0.15, -0.1) is 0 Å². The second-order valence-corrected chi connectivity index (χ2v) is 3.54. The molecular formula is C16H14. The van der Waals surface area contributed by atoms with Crippen LogP contribution in [0.15, 0.2) is 72.8 Å². The van der Waals surface area contributed by atoms with Gasteiger partial charge in [0, 0.05) is 0 Å². The first-order chi connectivity index (χ1) is 7.95. The van der Waals surface area contributed by atoms with Gasteiger partial charge in [-0.25, -0.2) is 0 Å². The maximum Gasteiger partial charge on any atom is -0.0257 e. The van der Waals surface area contributed by atoms with Gasteiger partial charge in [0.1, 0.15) is 0 Å². The molecule has 0 spiro atoms. The third kappa shape index (κ3) is 3.25. The Balaban J connectivity index is 1.98. The number of hydrogen-bond donors (Lipinski definition) is 0.